The van der Waals surface area contributed by atoms with Crippen LogP contribution in [0.5, 0.6) is 5.75 Å². The molecule has 2 fully saturated rings. The molecule has 0 bridgehead atoms. The lowest BCUT2D eigenvalue weighted by molar-refractivity contribution is -0.126. The SMILES string of the molecule is COc1ccccc1C=C(N)N1C[C@@H]2C(=O)CCC(c3ccccc3)(c3ccccc3)[C@@H]2C1. The van der Waals surface area contributed by atoms with E-state index >= 15 is 0 Å². The summed E-state index contributed by atoms with van der Waals surface area (Å²) >= 11 is 0. The summed E-state index contributed by atoms with van der Waals surface area (Å²) in [6, 6.07) is 29.3. The first-order valence-corrected chi connectivity index (χ1v) is 11.6. The Morgan fingerprint density at radius 2 is 1.55 bits per heavy atom. The van der Waals surface area contributed by atoms with Gasteiger partial charge in [0.15, 0.2) is 0 Å². The van der Waals surface area contributed by atoms with Gasteiger partial charge in [0.25, 0.3) is 0 Å². The molecule has 1 heterocycles. The predicted octanol–water partition coefficient (Wildman–Crippen LogP) is 4.85. The Morgan fingerprint density at radius 3 is 2.18 bits per heavy atom. The summed E-state index contributed by atoms with van der Waals surface area (Å²) in [4.78, 5) is 15.3. The molecule has 1 saturated carbocycles. The maximum absolute atomic E-state index is 13.1. The standard InChI is InChI=1S/C29H30N2O2/c1-33-27-15-9-8-10-21(27)18-28(30)31-19-24-25(20-31)29(17-16-26(24)32,22-11-4-2-5-12-22)23-13-6-3-7-14-23/h2-15,18,24-25H,16-17,19-20,30H2,1H3/t24-,25+/m0/s1. The zero-order chi connectivity index (χ0) is 22.8. The lowest BCUT2D eigenvalue weighted by atomic mass is 9.56. The molecular formula is C29H30N2O2. The Balaban J connectivity index is 1.56. The third kappa shape index (κ3) is 3.70. The van der Waals surface area contributed by atoms with Crippen molar-refractivity contribution in [2.75, 3.05) is 20.2 Å². The highest BCUT2D eigenvalue weighted by Gasteiger charge is 2.54. The van der Waals surface area contributed by atoms with Crippen molar-refractivity contribution in [3.63, 3.8) is 0 Å². The van der Waals surface area contributed by atoms with Crippen LogP contribution in [0.25, 0.3) is 6.08 Å². The van der Waals surface area contributed by atoms with Gasteiger partial charge in [0.1, 0.15) is 11.5 Å². The van der Waals surface area contributed by atoms with Crippen LogP contribution in [0.2, 0.25) is 0 Å². The van der Waals surface area contributed by atoms with Crippen molar-refractivity contribution in [2.24, 2.45) is 17.6 Å². The first kappa shape index (κ1) is 21.3. The Morgan fingerprint density at radius 1 is 0.939 bits per heavy atom. The summed E-state index contributed by atoms with van der Waals surface area (Å²) in [6.07, 6.45) is 3.38. The van der Waals surface area contributed by atoms with Gasteiger partial charge >= 0.3 is 0 Å². The number of carbonyl (C=O) groups is 1. The van der Waals surface area contributed by atoms with E-state index in [1.807, 2.05) is 30.3 Å². The molecule has 0 spiro atoms. The van der Waals surface area contributed by atoms with E-state index in [1.54, 1.807) is 7.11 Å². The lowest BCUT2D eigenvalue weighted by Crippen LogP contribution is -2.47. The summed E-state index contributed by atoms with van der Waals surface area (Å²) in [5.74, 6) is 1.94. The largest absolute Gasteiger partial charge is 0.496 e. The highest BCUT2D eigenvalue weighted by molar-refractivity contribution is 5.84. The molecule has 0 amide bonds. The van der Waals surface area contributed by atoms with E-state index < -0.39 is 0 Å². The summed E-state index contributed by atoms with van der Waals surface area (Å²) in [5, 5.41) is 0. The molecule has 33 heavy (non-hydrogen) atoms. The van der Waals surface area contributed by atoms with Crippen molar-refractivity contribution in [3.8, 4) is 5.75 Å². The smallest absolute Gasteiger partial charge is 0.138 e. The number of nitrogens with zero attached hydrogens (tertiary/aromatic N) is 1. The Labute approximate surface area is 195 Å². The van der Waals surface area contributed by atoms with E-state index in [0.717, 1.165) is 24.3 Å². The average molecular weight is 439 g/mol. The summed E-state index contributed by atoms with van der Waals surface area (Å²) in [5.41, 5.74) is 9.92. The maximum atomic E-state index is 13.1. The van der Waals surface area contributed by atoms with E-state index in [4.69, 9.17) is 10.5 Å². The van der Waals surface area contributed by atoms with Gasteiger partial charge in [-0.25, -0.2) is 0 Å². The average Bonchev–Trinajstić information content (AvgIpc) is 3.33. The van der Waals surface area contributed by atoms with Crippen molar-refractivity contribution in [2.45, 2.75) is 18.3 Å². The van der Waals surface area contributed by atoms with Crippen molar-refractivity contribution < 1.29 is 9.53 Å². The number of fused-ring (bicyclic) bond motifs is 1. The van der Waals surface area contributed by atoms with Gasteiger partial charge in [0.2, 0.25) is 0 Å². The zero-order valence-electron chi connectivity index (χ0n) is 19.0. The second-order valence-electron chi connectivity index (χ2n) is 9.10. The summed E-state index contributed by atoms with van der Waals surface area (Å²) in [6.45, 7) is 1.40. The van der Waals surface area contributed by atoms with Crippen molar-refractivity contribution >= 4 is 11.9 Å². The molecule has 3 aromatic carbocycles. The molecule has 0 radical (unpaired) electrons. The number of ether oxygens (including phenoxy) is 1. The van der Waals surface area contributed by atoms with Crippen LogP contribution in [0, 0.1) is 11.8 Å². The van der Waals surface area contributed by atoms with Gasteiger partial charge in [0, 0.05) is 42.3 Å². The van der Waals surface area contributed by atoms with Gasteiger partial charge in [-0.05, 0) is 29.7 Å². The molecule has 4 heteroatoms. The van der Waals surface area contributed by atoms with E-state index in [1.165, 1.54) is 11.1 Å². The van der Waals surface area contributed by atoms with Gasteiger partial charge in [-0.2, -0.15) is 0 Å². The highest BCUT2D eigenvalue weighted by Crippen LogP contribution is 2.52. The van der Waals surface area contributed by atoms with Gasteiger partial charge in [-0.1, -0.05) is 78.9 Å². The Hall–Kier alpha value is -3.53. The maximum Gasteiger partial charge on any atom is 0.138 e. The zero-order valence-corrected chi connectivity index (χ0v) is 19.0. The fourth-order valence-corrected chi connectivity index (χ4v) is 5.92. The molecule has 2 atom stereocenters. The second kappa shape index (κ2) is 8.78. The number of para-hydroxylation sites is 1. The molecule has 2 N–H and O–H groups in total. The van der Waals surface area contributed by atoms with Gasteiger partial charge in [0.05, 0.1) is 12.9 Å². The molecule has 5 rings (SSSR count). The predicted molar refractivity (Wildman–Crippen MR) is 132 cm³/mol. The van der Waals surface area contributed by atoms with Gasteiger partial charge < -0.3 is 15.4 Å². The number of nitrogens with two attached hydrogens (primary N) is 1. The molecule has 0 unspecified atom stereocenters. The van der Waals surface area contributed by atoms with Crippen LogP contribution in [0.1, 0.15) is 29.5 Å². The molecule has 0 aromatic heterocycles. The van der Waals surface area contributed by atoms with Crippen molar-refractivity contribution in [1.29, 1.82) is 0 Å². The topological polar surface area (TPSA) is 55.6 Å². The molecule has 3 aromatic rings. The number of likely N-dealkylation sites (tertiary alicyclic amines) is 1. The van der Waals surface area contributed by atoms with Gasteiger partial charge in [-0.3, -0.25) is 4.79 Å². The lowest BCUT2D eigenvalue weighted by Gasteiger charge is -2.45. The van der Waals surface area contributed by atoms with E-state index in [-0.39, 0.29) is 17.3 Å². The molecular weight excluding hydrogens is 408 g/mol. The minimum Gasteiger partial charge on any atom is -0.496 e. The normalized spacial score (nSPS) is 22.2. The van der Waals surface area contributed by atoms with Crippen LogP contribution in [-0.4, -0.2) is 30.9 Å². The van der Waals surface area contributed by atoms with E-state index in [2.05, 4.69) is 65.6 Å². The Bertz CT molecular complexity index is 1120. The Kier molecular flexibility index (Phi) is 5.67. The number of Topliss-reactive ketones (excluding diaryl/α,β-unsaturated/α-hetero) is 1. The van der Waals surface area contributed by atoms with Crippen LogP contribution in [0.3, 0.4) is 0 Å². The second-order valence-corrected chi connectivity index (χ2v) is 9.10. The minimum atomic E-state index is -0.208. The van der Waals surface area contributed by atoms with E-state index in [9.17, 15) is 4.79 Å². The fraction of sp³-hybridized carbons (Fsp3) is 0.276. The highest BCUT2D eigenvalue weighted by atomic mass is 16.5. The quantitative estimate of drug-likeness (QED) is 0.619. The third-order valence-electron chi connectivity index (χ3n) is 7.52. The number of methoxy groups -OCH3 is 1. The van der Waals surface area contributed by atoms with Crippen molar-refractivity contribution in [3.05, 3.63) is 107 Å². The summed E-state index contributed by atoms with van der Waals surface area (Å²) in [7, 11) is 1.67. The number of hydrogen-bond donors (Lipinski definition) is 1. The van der Waals surface area contributed by atoms with E-state index in [0.29, 0.717) is 24.6 Å². The van der Waals surface area contributed by atoms with Crippen LogP contribution in [0.15, 0.2) is 90.8 Å². The first-order chi connectivity index (χ1) is 16.1. The third-order valence-corrected chi connectivity index (χ3v) is 7.52. The number of benzene rings is 3. The number of hydrogen-bond acceptors (Lipinski definition) is 4. The first-order valence-electron chi connectivity index (χ1n) is 11.6. The van der Waals surface area contributed by atoms with Crippen LogP contribution >= 0.6 is 0 Å². The van der Waals surface area contributed by atoms with Crippen LogP contribution < -0.4 is 10.5 Å². The monoisotopic (exact) mass is 438 g/mol. The molecule has 1 saturated heterocycles. The number of rotatable bonds is 5. The number of ketones is 1. The molecule has 2 aliphatic rings. The van der Waals surface area contributed by atoms with Crippen LogP contribution in [0.4, 0.5) is 0 Å². The van der Waals surface area contributed by atoms with Crippen LogP contribution in [-0.2, 0) is 10.2 Å². The molecule has 1 aliphatic heterocycles. The fourth-order valence-electron chi connectivity index (χ4n) is 5.92. The molecule has 168 valence electrons. The van der Waals surface area contributed by atoms with Crippen molar-refractivity contribution in [1.82, 2.24) is 4.90 Å². The number of carbonyl (C=O) groups excluding carboxylic acids is 1. The molecule has 4 nitrogen and oxygen atoms in total. The minimum absolute atomic E-state index is 0.0382. The molecule has 1 aliphatic carbocycles. The van der Waals surface area contributed by atoms with Gasteiger partial charge in [-0.15, -0.1) is 0 Å². The summed E-state index contributed by atoms with van der Waals surface area (Å²) < 4.78 is 5.50.